The fraction of sp³-hybridized carbons (Fsp3) is 0.276. The van der Waals surface area contributed by atoms with Crippen LogP contribution in [0, 0.1) is 0 Å². The van der Waals surface area contributed by atoms with E-state index in [0.717, 1.165) is 71.4 Å². The summed E-state index contributed by atoms with van der Waals surface area (Å²) in [6, 6.07) is 28.2. The predicted molar refractivity (Wildman–Crippen MR) is 539 cm³/mol. The van der Waals surface area contributed by atoms with Crippen LogP contribution in [0.4, 0.5) is 68.2 Å². The molecule has 20 rings (SSSR count). The minimum atomic E-state index is -1.53. The molecule has 8 heteroatoms. The first kappa shape index (κ1) is 55.3. The lowest BCUT2D eigenvalue weighted by Gasteiger charge is -2.45. The number of rotatable bonds is 6. The minimum Gasteiger partial charge on any atom is -0.311 e. The molecular weight excluding hydrogens is 1500 g/mol. The Morgan fingerprint density at radius 1 is 0.210 bits per heavy atom. The summed E-state index contributed by atoms with van der Waals surface area (Å²) in [6.45, 7) is 43.5. The molecule has 0 unspecified atom stereocenters. The minimum absolute atomic E-state index is 0.000508. The molecule has 0 radical (unpaired) electrons. The number of nitrogens with zero attached hydrogens (tertiary/aromatic N) is 6. The van der Waals surface area contributed by atoms with E-state index in [0.29, 0.717) is 33.4 Å². The van der Waals surface area contributed by atoms with Gasteiger partial charge >= 0.3 is 0 Å². The Bertz CT molecular complexity index is 8210. The van der Waals surface area contributed by atoms with Gasteiger partial charge in [0.1, 0.15) is 0 Å². The van der Waals surface area contributed by atoms with Gasteiger partial charge in [-0.1, -0.05) is 336 Å². The molecule has 620 valence electrons. The molecule has 0 bridgehead atoms. The van der Waals surface area contributed by atoms with Crippen molar-refractivity contribution in [3.05, 3.63) is 335 Å². The van der Waals surface area contributed by atoms with Crippen molar-refractivity contribution in [1.82, 2.24) is 9.13 Å². The van der Waals surface area contributed by atoms with Crippen molar-refractivity contribution in [2.24, 2.45) is 0 Å². The Hall–Kier alpha value is -12.0. The first-order valence-corrected chi connectivity index (χ1v) is 42.9. The third-order valence-corrected chi connectivity index (χ3v) is 24.4. The number of hydrogen-bond donors (Lipinski definition) is 0. The molecule has 124 heavy (non-hydrogen) atoms. The summed E-state index contributed by atoms with van der Waals surface area (Å²) in [5.74, 6) is 0. The Labute approximate surface area is 777 Å². The van der Waals surface area contributed by atoms with Crippen LogP contribution in [0.1, 0.15) is 249 Å². The molecule has 14 aromatic carbocycles. The number of para-hydroxylation sites is 4. The van der Waals surface area contributed by atoms with E-state index in [1.807, 2.05) is 41.5 Å². The summed E-state index contributed by atoms with van der Waals surface area (Å²) in [6.07, 6.45) is 0. The van der Waals surface area contributed by atoms with E-state index in [-0.39, 0.29) is 148 Å². The Balaban J connectivity index is 0.000000194. The zero-order chi connectivity index (χ0) is 112. The van der Waals surface area contributed by atoms with E-state index in [2.05, 4.69) is 165 Å². The molecule has 6 nitrogen and oxygen atoms in total. The summed E-state index contributed by atoms with van der Waals surface area (Å²) < 4.78 is 276. The van der Waals surface area contributed by atoms with Crippen molar-refractivity contribution >= 4 is 158 Å². The normalized spacial score (nSPS) is 17.2. The molecule has 0 spiro atoms. The highest BCUT2D eigenvalue weighted by Crippen LogP contribution is 2.52. The molecule has 0 amide bonds. The number of aromatic nitrogens is 2. The van der Waals surface area contributed by atoms with Crippen LogP contribution in [0.5, 0.6) is 0 Å². The average molecular weight is 1650 g/mol. The van der Waals surface area contributed by atoms with E-state index in [1.54, 1.807) is 83.1 Å². The van der Waals surface area contributed by atoms with Crippen LogP contribution in [0.3, 0.4) is 0 Å². The van der Waals surface area contributed by atoms with Crippen LogP contribution in [-0.4, -0.2) is 22.6 Å². The van der Waals surface area contributed by atoms with Crippen LogP contribution in [0.2, 0.25) is 0 Å². The van der Waals surface area contributed by atoms with Gasteiger partial charge in [-0.25, -0.2) is 0 Å². The van der Waals surface area contributed by atoms with Gasteiger partial charge in [-0.2, -0.15) is 0 Å². The van der Waals surface area contributed by atoms with Crippen molar-refractivity contribution in [3.8, 4) is 11.4 Å². The topological polar surface area (TPSA) is 22.8 Å². The Kier molecular flexibility index (Phi) is 12.8. The molecule has 0 atom stereocenters. The molecule has 4 aliphatic rings. The van der Waals surface area contributed by atoms with E-state index < -0.39 is 178 Å². The van der Waals surface area contributed by atoms with Crippen LogP contribution in [0.25, 0.3) is 55.0 Å². The fourth-order valence-corrected chi connectivity index (χ4v) is 17.5. The van der Waals surface area contributed by atoms with Crippen molar-refractivity contribution in [1.29, 1.82) is 0 Å². The van der Waals surface area contributed by atoms with E-state index in [4.69, 9.17) is 5.48 Å². The monoisotopic (exact) mass is 1650 g/mol. The lowest BCUT2D eigenvalue weighted by molar-refractivity contribution is 0.590. The maximum absolute atomic E-state index is 10.4. The number of benzene rings is 14. The summed E-state index contributed by atoms with van der Waals surface area (Å²) in [5, 5.41) is 1.56. The molecule has 0 N–H and O–H groups in total. The summed E-state index contributed by atoms with van der Waals surface area (Å²) in [5.41, 5.74) is 3.11. The predicted octanol–water partition coefficient (Wildman–Crippen LogP) is 28.1. The van der Waals surface area contributed by atoms with Gasteiger partial charge in [-0.3, -0.25) is 0 Å². The molecule has 4 aliphatic heterocycles. The number of anilines is 12. The zero-order valence-electron chi connectivity index (χ0n) is 103. The van der Waals surface area contributed by atoms with Crippen LogP contribution in [0.15, 0.2) is 291 Å². The van der Waals surface area contributed by atoms with Gasteiger partial charge in [0, 0.05) is 89.8 Å². The second kappa shape index (κ2) is 28.8. The molecule has 0 saturated heterocycles. The standard InChI is InChI=1S/2C58H60BN3/c2*1-55(2,3)37-21-27-41(28-22-37)60-50-31-25-39(57(7,8)9)33-46(50)59-47-34-40(58(10,11)12)26-32-51(47)61(42-29-23-38(24-30-42)56(4,5)6)53-36-43(35-52(60)54(53)59)62-48-19-15-13-17-44(48)45-18-14-16-20-49(45)62/h2*13-36H,1-12H3/i13D,14D,15D,16D,17D,18D,19D,20D,21D,22D,23D,24D,25D,26D,27D,28D,29D,30D,31D,32D,33D,34D;25D,26D,31D,32D,33D,34D. The van der Waals surface area contributed by atoms with Gasteiger partial charge in [0.2, 0.25) is 0 Å². The summed E-state index contributed by atoms with van der Waals surface area (Å²) >= 11 is 0. The largest absolute Gasteiger partial charge is 0.311 e. The third kappa shape index (κ3) is 13.8. The first-order valence-electron chi connectivity index (χ1n) is 56.9. The van der Waals surface area contributed by atoms with Crippen molar-refractivity contribution < 1.29 is 38.4 Å². The van der Waals surface area contributed by atoms with Crippen LogP contribution >= 0.6 is 0 Å². The van der Waals surface area contributed by atoms with E-state index >= 15 is 0 Å². The molecule has 0 saturated carbocycles. The highest BCUT2D eigenvalue weighted by Gasteiger charge is 2.48. The Morgan fingerprint density at radius 2 is 0.460 bits per heavy atom. The fourth-order valence-electron chi connectivity index (χ4n) is 17.5. The Morgan fingerprint density at radius 3 is 0.742 bits per heavy atom. The third-order valence-electron chi connectivity index (χ3n) is 24.4. The molecule has 16 aromatic rings. The smallest absolute Gasteiger partial charge is 0.252 e. The van der Waals surface area contributed by atoms with Gasteiger partial charge in [0.05, 0.1) is 71.8 Å². The molecule has 0 fully saturated rings. The second-order valence-electron chi connectivity index (χ2n) is 41.7. The van der Waals surface area contributed by atoms with Crippen molar-refractivity contribution in [3.63, 3.8) is 0 Å². The lowest BCUT2D eigenvalue weighted by atomic mass is 9.33. The van der Waals surface area contributed by atoms with E-state index in [9.17, 15) is 32.9 Å². The van der Waals surface area contributed by atoms with Gasteiger partial charge in [-0.05, 0) is 242 Å². The van der Waals surface area contributed by atoms with Gasteiger partial charge in [-0.15, -0.1) is 0 Å². The highest BCUT2D eigenvalue weighted by molar-refractivity contribution is 7.01. The van der Waals surface area contributed by atoms with Gasteiger partial charge < -0.3 is 28.7 Å². The second-order valence-corrected chi connectivity index (χ2v) is 41.7. The van der Waals surface area contributed by atoms with Gasteiger partial charge in [0.15, 0.2) is 0 Å². The average Bonchev–Trinajstić information content (AvgIpc) is 0.847. The SMILES string of the molecule is [2H]c1c([2H])c(C(C)(C)C)c([2H])c([2H])c1N1c2cc(-n3c4c([2H])c([2H])c([2H])c([2H])c4c4c([2H])c([2H])c([2H])c([2H])c43)cc3c2B(c2c([2H])c(C(C)(C)C)c([2H])c([2H])c21)c1c([2H])c(C(C)(C)C)c([2H])c([2H])c1N3c1c([2H])c([2H])c(C(C)(C)C)c([2H])c1[2H].[2H]c1c([2H])c(C(C)(C)C)c([2H])c2c1N(c1ccc(C(C)(C)C)cc1)c1cc(-n3c4ccccc4c4ccccc43)cc3c1B2c1c([2H])c(C(C)(C)C)c([2H])c([2H])c1N3c1ccc(C(C)(C)C)cc1. The van der Waals surface area contributed by atoms with Crippen molar-refractivity contribution in [2.45, 2.75) is 209 Å². The van der Waals surface area contributed by atoms with Crippen LogP contribution < -0.4 is 52.4 Å². The number of fused-ring (bicyclic) bond motifs is 14. The van der Waals surface area contributed by atoms with Crippen LogP contribution in [-0.2, 0) is 43.3 Å². The highest BCUT2D eigenvalue weighted by atomic mass is 15.2. The summed E-state index contributed by atoms with van der Waals surface area (Å²) in [4.78, 5) is 6.58. The summed E-state index contributed by atoms with van der Waals surface area (Å²) in [7, 11) is 0. The maximum Gasteiger partial charge on any atom is 0.252 e. The first-order chi connectivity index (χ1) is 70.3. The quantitative estimate of drug-likeness (QED) is 0.155. The van der Waals surface area contributed by atoms with Gasteiger partial charge in [0.25, 0.3) is 13.4 Å². The molecular formula is C116H120B2N6. The number of hydrogen-bond acceptors (Lipinski definition) is 4. The molecule has 2 aromatic heterocycles. The molecule has 0 aliphatic carbocycles. The van der Waals surface area contributed by atoms with Crippen molar-refractivity contribution in [2.75, 3.05) is 19.6 Å². The molecule has 6 heterocycles. The van der Waals surface area contributed by atoms with E-state index in [1.165, 1.54) is 21.9 Å². The maximum atomic E-state index is 10.4. The lowest BCUT2D eigenvalue weighted by Crippen LogP contribution is -2.61. The zero-order valence-corrected chi connectivity index (χ0v) is 75.4.